The Kier molecular flexibility index (Phi) is 3.40. The molecule has 2 heterocycles. The third-order valence-electron chi connectivity index (χ3n) is 3.49. The second-order valence-electron chi connectivity index (χ2n) is 4.74. The third kappa shape index (κ3) is 1.98. The molecule has 1 aliphatic rings. The molecule has 0 aliphatic carbocycles. The maximum absolute atomic E-state index is 10.0. The van der Waals surface area contributed by atoms with Crippen LogP contribution in [-0.4, -0.2) is 66.4 Å². The second kappa shape index (κ2) is 5.08. The van der Waals surface area contributed by atoms with E-state index in [0.717, 1.165) is 0 Å². The van der Waals surface area contributed by atoms with Gasteiger partial charge in [0.25, 0.3) is 0 Å². The first-order valence-corrected chi connectivity index (χ1v) is 6.24. The molecule has 2 aromatic rings. The fourth-order valence-electron chi connectivity index (χ4n) is 2.36. The molecule has 0 saturated carbocycles. The lowest BCUT2D eigenvalue weighted by Gasteiger charge is -2.39. The Morgan fingerprint density at radius 3 is 2.60 bits per heavy atom. The van der Waals surface area contributed by atoms with E-state index in [1.165, 1.54) is 4.68 Å². The first-order valence-electron chi connectivity index (χ1n) is 6.24. The van der Waals surface area contributed by atoms with Gasteiger partial charge < -0.3 is 25.2 Å². The van der Waals surface area contributed by atoms with Gasteiger partial charge >= 0.3 is 0 Å². The molecule has 0 amide bonds. The summed E-state index contributed by atoms with van der Waals surface area (Å²) < 4.78 is 6.76. The number of para-hydroxylation sites is 1. The molecule has 8 nitrogen and oxygen atoms in total. The van der Waals surface area contributed by atoms with Crippen molar-refractivity contribution in [3.05, 3.63) is 24.3 Å². The molecule has 1 aliphatic heterocycles. The topological polar surface area (TPSA) is 121 Å². The summed E-state index contributed by atoms with van der Waals surface area (Å²) in [6.07, 6.45) is -6.20. The lowest BCUT2D eigenvalue weighted by atomic mass is 9.98. The Morgan fingerprint density at radius 2 is 1.85 bits per heavy atom. The van der Waals surface area contributed by atoms with Crippen LogP contribution in [0.4, 0.5) is 0 Å². The summed E-state index contributed by atoms with van der Waals surface area (Å²) in [6.45, 7) is -0.478. The summed E-state index contributed by atoms with van der Waals surface area (Å²) in [7, 11) is 0. The van der Waals surface area contributed by atoms with Crippen LogP contribution in [0.25, 0.3) is 11.0 Å². The fourth-order valence-corrected chi connectivity index (χ4v) is 2.36. The molecule has 0 spiro atoms. The predicted octanol–water partition coefficient (Wildman–Crippen LogP) is -1.60. The molecule has 0 radical (unpaired) electrons. The van der Waals surface area contributed by atoms with Crippen LogP contribution >= 0.6 is 0 Å². The van der Waals surface area contributed by atoms with E-state index in [-0.39, 0.29) is 0 Å². The van der Waals surface area contributed by atoms with Gasteiger partial charge in [0.1, 0.15) is 29.9 Å². The predicted molar refractivity (Wildman–Crippen MR) is 66.5 cm³/mol. The molecule has 1 aromatic heterocycles. The summed E-state index contributed by atoms with van der Waals surface area (Å²) >= 11 is 0. The molecule has 1 saturated heterocycles. The van der Waals surface area contributed by atoms with E-state index in [1.54, 1.807) is 24.3 Å². The van der Waals surface area contributed by atoms with Crippen molar-refractivity contribution in [3.8, 4) is 0 Å². The van der Waals surface area contributed by atoms with Crippen LogP contribution in [0.5, 0.6) is 0 Å². The number of hydrogen-bond acceptors (Lipinski definition) is 7. The van der Waals surface area contributed by atoms with E-state index >= 15 is 0 Å². The van der Waals surface area contributed by atoms with Gasteiger partial charge in [0, 0.05) is 0 Å². The zero-order chi connectivity index (χ0) is 14.3. The van der Waals surface area contributed by atoms with Crippen molar-refractivity contribution < 1.29 is 25.2 Å². The molecule has 108 valence electrons. The van der Waals surface area contributed by atoms with Gasteiger partial charge in [-0.1, -0.05) is 17.3 Å². The largest absolute Gasteiger partial charge is 0.394 e. The van der Waals surface area contributed by atoms with E-state index in [0.29, 0.717) is 11.0 Å². The van der Waals surface area contributed by atoms with Gasteiger partial charge in [-0.15, -0.1) is 5.10 Å². The van der Waals surface area contributed by atoms with Gasteiger partial charge in [-0.25, -0.2) is 4.68 Å². The zero-order valence-electron chi connectivity index (χ0n) is 10.4. The summed E-state index contributed by atoms with van der Waals surface area (Å²) in [5, 5.41) is 46.6. The molecule has 0 unspecified atom stereocenters. The normalized spacial score (nSPS) is 34.5. The van der Waals surface area contributed by atoms with Crippen LogP contribution in [0, 0.1) is 0 Å². The molecule has 8 heteroatoms. The van der Waals surface area contributed by atoms with E-state index in [2.05, 4.69) is 10.3 Å². The summed E-state index contributed by atoms with van der Waals surface area (Å²) in [5.74, 6) is 0. The van der Waals surface area contributed by atoms with Crippen molar-refractivity contribution in [3.63, 3.8) is 0 Å². The maximum atomic E-state index is 10.0. The van der Waals surface area contributed by atoms with Crippen LogP contribution < -0.4 is 0 Å². The van der Waals surface area contributed by atoms with Crippen molar-refractivity contribution in [2.24, 2.45) is 0 Å². The zero-order valence-corrected chi connectivity index (χ0v) is 10.4. The Balaban J connectivity index is 2.00. The lowest BCUT2D eigenvalue weighted by molar-refractivity contribution is -0.253. The summed E-state index contributed by atoms with van der Waals surface area (Å²) in [4.78, 5) is 0. The number of hydrogen-bond donors (Lipinski definition) is 4. The first-order chi connectivity index (χ1) is 9.63. The van der Waals surface area contributed by atoms with Crippen molar-refractivity contribution >= 4 is 11.0 Å². The highest BCUT2D eigenvalue weighted by molar-refractivity contribution is 5.73. The quantitative estimate of drug-likeness (QED) is 0.523. The number of aromatic nitrogens is 3. The minimum atomic E-state index is -1.44. The average molecular weight is 281 g/mol. The van der Waals surface area contributed by atoms with Crippen LogP contribution in [0.2, 0.25) is 0 Å². The Morgan fingerprint density at radius 1 is 1.10 bits per heavy atom. The number of aliphatic hydroxyl groups excluding tert-OH is 4. The summed E-state index contributed by atoms with van der Waals surface area (Å²) in [6, 6.07) is 7.08. The maximum Gasteiger partial charge on any atom is 0.181 e. The Labute approximate surface area is 113 Å². The molecule has 20 heavy (non-hydrogen) atoms. The highest BCUT2D eigenvalue weighted by atomic mass is 16.6. The monoisotopic (exact) mass is 281 g/mol. The number of nitrogens with zero attached hydrogens (tertiary/aromatic N) is 3. The van der Waals surface area contributed by atoms with Crippen LogP contribution in [0.3, 0.4) is 0 Å². The van der Waals surface area contributed by atoms with Crippen LogP contribution in [-0.2, 0) is 4.74 Å². The Hall–Kier alpha value is -1.58. The molecule has 1 aromatic carbocycles. The number of ether oxygens (including phenoxy) is 1. The van der Waals surface area contributed by atoms with Gasteiger partial charge in [0.15, 0.2) is 6.23 Å². The smallest absolute Gasteiger partial charge is 0.181 e. The number of benzene rings is 1. The van der Waals surface area contributed by atoms with E-state index in [4.69, 9.17) is 4.74 Å². The van der Waals surface area contributed by atoms with E-state index in [9.17, 15) is 20.4 Å². The highest BCUT2D eigenvalue weighted by Crippen LogP contribution is 2.29. The third-order valence-corrected chi connectivity index (χ3v) is 3.49. The molecular weight excluding hydrogens is 266 g/mol. The van der Waals surface area contributed by atoms with Gasteiger partial charge in [-0.2, -0.15) is 0 Å². The average Bonchev–Trinajstić information content (AvgIpc) is 2.89. The first kappa shape index (κ1) is 13.4. The van der Waals surface area contributed by atoms with E-state index < -0.39 is 37.3 Å². The molecule has 3 rings (SSSR count). The number of rotatable bonds is 2. The number of fused-ring (bicyclic) bond motifs is 1. The molecular formula is C12H15N3O5. The van der Waals surface area contributed by atoms with Gasteiger partial charge in [0.2, 0.25) is 0 Å². The second-order valence-corrected chi connectivity index (χ2v) is 4.74. The summed E-state index contributed by atoms with van der Waals surface area (Å²) in [5.41, 5.74) is 1.24. The van der Waals surface area contributed by atoms with Crippen molar-refractivity contribution in [1.29, 1.82) is 0 Å². The highest BCUT2D eigenvalue weighted by Gasteiger charge is 2.45. The minimum absolute atomic E-state index is 0.478. The van der Waals surface area contributed by atoms with E-state index in [1.807, 2.05) is 0 Å². The van der Waals surface area contributed by atoms with Crippen molar-refractivity contribution in [2.75, 3.05) is 6.61 Å². The van der Waals surface area contributed by atoms with Crippen LogP contribution in [0.1, 0.15) is 6.23 Å². The standard InChI is InChI=1S/C12H15N3O5/c16-5-8-9(17)10(18)11(19)12(20-8)15-7-4-2-1-3-6(7)13-14-15/h1-4,8-12,16-19H,5H2/t8-,9-,10+,11-,12-/m0/s1. The molecule has 1 fully saturated rings. The fraction of sp³-hybridized carbons (Fsp3) is 0.500. The Bertz CT molecular complexity index is 602. The molecule has 4 N–H and O–H groups in total. The van der Waals surface area contributed by atoms with Gasteiger partial charge in [0.05, 0.1) is 12.1 Å². The van der Waals surface area contributed by atoms with Crippen LogP contribution in [0.15, 0.2) is 24.3 Å². The molecule has 0 bridgehead atoms. The minimum Gasteiger partial charge on any atom is -0.394 e. The lowest BCUT2D eigenvalue weighted by Crippen LogP contribution is -2.56. The number of aliphatic hydroxyl groups is 4. The molecule has 5 atom stereocenters. The van der Waals surface area contributed by atoms with Crippen molar-refractivity contribution in [2.45, 2.75) is 30.6 Å². The SMILES string of the molecule is OC[C@@H]1O[C@H](n2nnc3ccccc32)[C@@H](O)[C@H](O)[C@H]1O. The van der Waals surface area contributed by atoms with Gasteiger partial charge in [-0.3, -0.25) is 0 Å². The van der Waals surface area contributed by atoms with Gasteiger partial charge in [-0.05, 0) is 12.1 Å². The van der Waals surface area contributed by atoms with Crippen molar-refractivity contribution in [1.82, 2.24) is 15.0 Å².